The summed E-state index contributed by atoms with van der Waals surface area (Å²) < 4.78 is 5.32. The number of nitrogens with zero attached hydrogens (tertiary/aromatic N) is 1. The maximum atomic E-state index is 12.0. The minimum atomic E-state index is -0.378. The second-order valence-corrected chi connectivity index (χ2v) is 6.22. The first-order valence-electron chi connectivity index (χ1n) is 8.81. The van der Waals surface area contributed by atoms with E-state index in [-0.39, 0.29) is 25.0 Å². The van der Waals surface area contributed by atoms with Crippen molar-refractivity contribution in [2.75, 3.05) is 36.5 Å². The van der Waals surface area contributed by atoms with Crippen LogP contribution in [-0.4, -0.2) is 38.1 Å². The number of nitrogens with one attached hydrogen (secondary N) is 2. The monoisotopic (exact) mass is 389 g/mol. The van der Waals surface area contributed by atoms with Gasteiger partial charge in [0, 0.05) is 29.5 Å². The number of rotatable bonds is 9. The fraction of sp³-hybridized carbons (Fsp3) is 0.300. The van der Waals surface area contributed by atoms with E-state index in [4.69, 9.17) is 16.3 Å². The zero-order chi connectivity index (χ0) is 19.6. The van der Waals surface area contributed by atoms with Crippen molar-refractivity contribution in [2.45, 2.75) is 13.8 Å². The van der Waals surface area contributed by atoms with Gasteiger partial charge in [-0.3, -0.25) is 9.59 Å². The Bertz CT molecular complexity index is 744. The van der Waals surface area contributed by atoms with Gasteiger partial charge in [0.25, 0.3) is 5.91 Å². The molecule has 0 aliphatic carbocycles. The molecule has 0 saturated carbocycles. The Hall–Kier alpha value is -2.73. The molecule has 2 aromatic carbocycles. The molecule has 0 aliphatic rings. The number of hydrogen-bond donors (Lipinski definition) is 2. The van der Waals surface area contributed by atoms with Gasteiger partial charge >= 0.3 is 0 Å². The van der Waals surface area contributed by atoms with Gasteiger partial charge in [-0.2, -0.15) is 0 Å². The van der Waals surface area contributed by atoms with Crippen molar-refractivity contribution in [1.29, 1.82) is 0 Å². The summed E-state index contributed by atoms with van der Waals surface area (Å²) in [6, 6.07) is 14.3. The van der Waals surface area contributed by atoms with E-state index < -0.39 is 0 Å². The standard InChI is InChI=1S/C20H24ClN3O3/c1-3-24(4-2)17-9-7-16(8-10-17)23-19(25)13-22-20(26)14-27-18-11-5-15(21)6-12-18/h5-12H,3-4,13-14H2,1-2H3,(H,22,26)(H,23,25). The summed E-state index contributed by atoms with van der Waals surface area (Å²) in [7, 11) is 0. The fourth-order valence-electron chi connectivity index (χ4n) is 2.46. The minimum Gasteiger partial charge on any atom is -0.484 e. The number of carbonyl (C=O) groups excluding carboxylic acids is 2. The molecule has 2 N–H and O–H groups in total. The molecule has 0 heterocycles. The number of benzene rings is 2. The molecule has 27 heavy (non-hydrogen) atoms. The number of ether oxygens (including phenoxy) is 1. The second kappa shape index (κ2) is 10.4. The minimum absolute atomic E-state index is 0.124. The lowest BCUT2D eigenvalue weighted by atomic mass is 10.2. The van der Waals surface area contributed by atoms with Crippen LogP contribution >= 0.6 is 11.6 Å². The van der Waals surface area contributed by atoms with Gasteiger partial charge in [0.2, 0.25) is 5.91 Å². The van der Waals surface area contributed by atoms with Gasteiger partial charge in [-0.05, 0) is 62.4 Å². The van der Waals surface area contributed by atoms with Crippen molar-refractivity contribution >= 4 is 34.8 Å². The lowest BCUT2D eigenvalue weighted by Crippen LogP contribution is -2.35. The fourth-order valence-corrected chi connectivity index (χ4v) is 2.59. The van der Waals surface area contributed by atoms with Crippen LogP contribution in [0.1, 0.15) is 13.8 Å². The van der Waals surface area contributed by atoms with Crippen LogP contribution in [0.4, 0.5) is 11.4 Å². The molecule has 0 aliphatic heterocycles. The Kier molecular flexibility index (Phi) is 7.95. The lowest BCUT2D eigenvalue weighted by Gasteiger charge is -2.21. The van der Waals surface area contributed by atoms with Crippen molar-refractivity contribution in [3.05, 3.63) is 53.6 Å². The molecule has 0 atom stereocenters. The molecular formula is C20H24ClN3O3. The molecule has 2 amide bonds. The van der Waals surface area contributed by atoms with Gasteiger partial charge in [-0.15, -0.1) is 0 Å². The summed E-state index contributed by atoms with van der Waals surface area (Å²) in [6.45, 7) is 5.74. The third-order valence-corrected chi connectivity index (χ3v) is 4.16. The first kappa shape index (κ1) is 20.6. The Morgan fingerprint density at radius 2 is 1.59 bits per heavy atom. The highest BCUT2D eigenvalue weighted by molar-refractivity contribution is 6.30. The lowest BCUT2D eigenvalue weighted by molar-refractivity contribution is -0.125. The summed E-state index contributed by atoms with van der Waals surface area (Å²) in [5.41, 5.74) is 1.79. The zero-order valence-corrected chi connectivity index (χ0v) is 16.3. The van der Waals surface area contributed by atoms with Crippen LogP contribution in [0.2, 0.25) is 5.02 Å². The predicted octanol–water partition coefficient (Wildman–Crippen LogP) is 3.32. The van der Waals surface area contributed by atoms with Crippen molar-refractivity contribution in [2.24, 2.45) is 0 Å². The van der Waals surface area contributed by atoms with Crippen LogP contribution < -0.4 is 20.3 Å². The molecule has 2 rings (SSSR count). The summed E-state index contributed by atoms with van der Waals surface area (Å²) >= 11 is 5.78. The maximum Gasteiger partial charge on any atom is 0.258 e. The Balaban J connectivity index is 1.73. The Morgan fingerprint density at radius 3 is 2.19 bits per heavy atom. The Morgan fingerprint density at radius 1 is 0.963 bits per heavy atom. The smallest absolute Gasteiger partial charge is 0.258 e. The molecule has 0 unspecified atom stereocenters. The van der Waals surface area contributed by atoms with E-state index in [1.54, 1.807) is 24.3 Å². The van der Waals surface area contributed by atoms with Crippen LogP contribution in [0.15, 0.2) is 48.5 Å². The third kappa shape index (κ3) is 6.83. The molecule has 0 spiro atoms. The van der Waals surface area contributed by atoms with E-state index in [1.165, 1.54) is 0 Å². The third-order valence-electron chi connectivity index (χ3n) is 3.91. The highest BCUT2D eigenvalue weighted by Gasteiger charge is 2.08. The number of hydrogen-bond acceptors (Lipinski definition) is 4. The van der Waals surface area contributed by atoms with Crippen LogP contribution in [-0.2, 0) is 9.59 Å². The van der Waals surface area contributed by atoms with E-state index in [1.807, 2.05) is 24.3 Å². The number of anilines is 2. The largest absolute Gasteiger partial charge is 0.484 e. The normalized spacial score (nSPS) is 10.2. The summed E-state index contributed by atoms with van der Waals surface area (Å²) in [4.78, 5) is 26.0. The highest BCUT2D eigenvalue weighted by atomic mass is 35.5. The molecule has 0 bridgehead atoms. The average molecular weight is 390 g/mol. The Labute approximate surface area is 164 Å². The molecule has 0 radical (unpaired) electrons. The van der Waals surface area contributed by atoms with Gasteiger partial charge in [0.05, 0.1) is 6.54 Å². The van der Waals surface area contributed by atoms with E-state index in [0.717, 1.165) is 18.8 Å². The van der Waals surface area contributed by atoms with Gasteiger partial charge in [0.1, 0.15) is 5.75 Å². The summed E-state index contributed by atoms with van der Waals surface area (Å²) in [5, 5.41) is 5.87. The van der Waals surface area contributed by atoms with Crippen LogP contribution in [0.5, 0.6) is 5.75 Å². The van der Waals surface area contributed by atoms with Gasteiger partial charge in [-0.25, -0.2) is 0 Å². The topological polar surface area (TPSA) is 70.7 Å². The molecule has 144 valence electrons. The first-order chi connectivity index (χ1) is 13.0. The highest BCUT2D eigenvalue weighted by Crippen LogP contribution is 2.17. The first-order valence-corrected chi connectivity index (χ1v) is 9.19. The maximum absolute atomic E-state index is 12.0. The van der Waals surface area contributed by atoms with Gasteiger partial charge in [0.15, 0.2) is 6.61 Å². The van der Waals surface area contributed by atoms with Crippen LogP contribution in [0, 0.1) is 0 Å². The summed E-state index contributed by atoms with van der Waals surface area (Å²) in [6.07, 6.45) is 0. The predicted molar refractivity (Wildman–Crippen MR) is 109 cm³/mol. The van der Waals surface area contributed by atoms with Crippen molar-refractivity contribution in [1.82, 2.24) is 5.32 Å². The van der Waals surface area contributed by atoms with E-state index in [2.05, 4.69) is 29.4 Å². The molecule has 7 heteroatoms. The van der Waals surface area contributed by atoms with Gasteiger partial charge < -0.3 is 20.3 Å². The second-order valence-electron chi connectivity index (χ2n) is 5.79. The molecule has 2 aromatic rings. The van der Waals surface area contributed by atoms with Crippen molar-refractivity contribution < 1.29 is 14.3 Å². The zero-order valence-electron chi connectivity index (χ0n) is 15.5. The quantitative estimate of drug-likeness (QED) is 0.690. The SMILES string of the molecule is CCN(CC)c1ccc(NC(=O)CNC(=O)COc2ccc(Cl)cc2)cc1. The molecule has 0 fully saturated rings. The summed E-state index contributed by atoms with van der Waals surface area (Å²) in [5.74, 6) is -0.144. The number of amides is 2. The van der Waals surface area contributed by atoms with Crippen LogP contribution in [0.3, 0.4) is 0 Å². The van der Waals surface area contributed by atoms with E-state index in [9.17, 15) is 9.59 Å². The van der Waals surface area contributed by atoms with E-state index >= 15 is 0 Å². The van der Waals surface area contributed by atoms with E-state index in [0.29, 0.717) is 16.5 Å². The number of halogens is 1. The average Bonchev–Trinajstić information content (AvgIpc) is 2.68. The molecular weight excluding hydrogens is 366 g/mol. The molecule has 6 nitrogen and oxygen atoms in total. The van der Waals surface area contributed by atoms with Gasteiger partial charge in [-0.1, -0.05) is 11.6 Å². The molecule has 0 saturated heterocycles. The van der Waals surface area contributed by atoms with Crippen LogP contribution in [0.25, 0.3) is 0 Å². The van der Waals surface area contributed by atoms with Crippen molar-refractivity contribution in [3.63, 3.8) is 0 Å². The van der Waals surface area contributed by atoms with Crippen molar-refractivity contribution in [3.8, 4) is 5.75 Å². The molecule has 0 aromatic heterocycles. The number of carbonyl (C=O) groups is 2.